The first-order chi connectivity index (χ1) is 11.6. The van der Waals surface area contributed by atoms with Crippen molar-refractivity contribution >= 4 is 28.1 Å². The molecule has 0 unspecified atom stereocenters. The molecule has 1 N–H and O–H groups in total. The van der Waals surface area contributed by atoms with Gasteiger partial charge in [0, 0.05) is 37.8 Å². The molecule has 2 heterocycles. The zero-order chi connectivity index (χ0) is 17.1. The van der Waals surface area contributed by atoms with E-state index in [0.29, 0.717) is 13.1 Å². The molecule has 1 aromatic heterocycles. The number of hydrogen-bond donors (Lipinski definition) is 1. The predicted octanol–water partition coefficient (Wildman–Crippen LogP) is 2.57. The summed E-state index contributed by atoms with van der Waals surface area (Å²) >= 11 is 1.58. The van der Waals surface area contributed by atoms with Crippen LogP contribution in [0.15, 0.2) is 29.8 Å². The molecule has 0 bridgehead atoms. The Labute approximate surface area is 142 Å². The lowest BCUT2D eigenvalue weighted by Crippen LogP contribution is -2.52. The fraction of sp³-hybridized carbons (Fsp3) is 0.375. The Morgan fingerprint density at radius 1 is 1.25 bits per heavy atom. The van der Waals surface area contributed by atoms with Crippen LogP contribution in [0.3, 0.4) is 0 Å². The first-order valence-electron chi connectivity index (χ1n) is 7.69. The fourth-order valence-electron chi connectivity index (χ4n) is 2.68. The Kier molecular flexibility index (Phi) is 5.06. The number of hydrogen-bond acceptors (Lipinski definition) is 5. The maximum Gasteiger partial charge on any atom is 0.241 e. The largest absolute Gasteiger partial charge is 0.346 e. The molecule has 5 nitrogen and oxygen atoms in total. The van der Waals surface area contributed by atoms with Gasteiger partial charge >= 0.3 is 0 Å². The number of carbonyl (C=O) groups excluding carboxylic acids is 1. The molecule has 2 aromatic rings. The third-order valence-corrected chi connectivity index (χ3v) is 4.97. The molecule has 0 saturated carbocycles. The van der Waals surface area contributed by atoms with Crippen LogP contribution in [0.1, 0.15) is 6.92 Å². The van der Waals surface area contributed by atoms with Crippen LogP contribution in [0.4, 0.5) is 19.6 Å². The van der Waals surface area contributed by atoms with Gasteiger partial charge < -0.3 is 10.2 Å². The number of nitrogens with one attached hydrogen (secondary N) is 1. The summed E-state index contributed by atoms with van der Waals surface area (Å²) in [6.45, 7) is 4.65. The molecule has 24 heavy (non-hydrogen) atoms. The maximum atomic E-state index is 13.6. The van der Waals surface area contributed by atoms with Crippen molar-refractivity contribution in [2.75, 3.05) is 36.4 Å². The van der Waals surface area contributed by atoms with E-state index in [0.717, 1.165) is 30.4 Å². The topological polar surface area (TPSA) is 48.5 Å². The molecule has 8 heteroatoms. The minimum Gasteiger partial charge on any atom is -0.346 e. The minimum absolute atomic E-state index is 0.393. The molecule has 0 aliphatic carbocycles. The van der Waals surface area contributed by atoms with Crippen LogP contribution in [0.25, 0.3) is 0 Å². The van der Waals surface area contributed by atoms with Crippen molar-refractivity contribution in [3.8, 4) is 0 Å². The van der Waals surface area contributed by atoms with E-state index in [1.165, 1.54) is 6.07 Å². The van der Waals surface area contributed by atoms with Crippen molar-refractivity contribution in [1.82, 2.24) is 9.88 Å². The third-order valence-electron chi connectivity index (χ3n) is 4.14. The van der Waals surface area contributed by atoms with Crippen molar-refractivity contribution in [2.45, 2.75) is 13.0 Å². The number of benzene rings is 1. The number of piperazine rings is 1. The van der Waals surface area contributed by atoms with Crippen molar-refractivity contribution in [3.63, 3.8) is 0 Å². The molecule has 1 aliphatic heterocycles. The second-order valence-electron chi connectivity index (χ2n) is 5.60. The van der Waals surface area contributed by atoms with Gasteiger partial charge in [-0.1, -0.05) is 6.07 Å². The predicted molar refractivity (Wildman–Crippen MR) is 90.3 cm³/mol. The molecule has 1 saturated heterocycles. The maximum absolute atomic E-state index is 13.6. The Morgan fingerprint density at radius 3 is 2.50 bits per heavy atom. The van der Waals surface area contributed by atoms with E-state index in [4.69, 9.17) is 0 Å². The van der Waals surface area contributed by atoms with Crippen LogP contribution in [0.2, 0.25) is 0 Å². The molecule has 128 valence electrons. The molecule has 0 spiro atoms. The van der Waals surface area contributed by atoms with E-state index in [1.54, 1.807) is 24.5 Å². The first-order valence-corrected chi connectivity index (χ1v) is 8.57. The summed E-state index contributed by atoms with van der Waals surface area (Å²) in [7, 11) is 0. The van der Waals surface area contributed by atoms with E-state index in [9.17, 15) is 13.6 Å². The lowest BCUT2D eigenvalue weighted by molar-refractivity contribution is -0.120. The normalized spacial score (nSPS) is 16.9. The van der Waals surface area contributed by atoms with Crippen molar-refractivity contribution in [2.24, 2.45) is 0 Å². The highest BCUT2D eigenvalue weighted by molar-refractivity contribution is 7.13. The zero-order valence-electron chi connectivity index (χ0n) is 13.2. The van der Waals surface area contributed by atoms with Crippen molar-refractivity contribution in [1.29, 1.82) is 0 Å². The summed E-state index contributed by atoms with van der Waals surface area (Å²) in [5.74, 6) is -1.96. The molecular formula is C16H18F2N4OS. The average molecular weight is 352 g/mol. The highest BCUT2D eigenvalue weighted by Gasteiger charge is 2.27. The van der Waals surface area contributed by atoms with E-state index in [1.807, 2.05) is 10.3 Å². The van der Waals surface area contributed by atoms with Crippen molar-refractivity contribution < 1.29 is 13.6 Å². The van der Waals surface area contributed by atoms with Crippen LogP contribution in [-0.4, -0.2) is 48.0 Å². The minimum atomic E-state index is -0.774. The van der Waals surface area contributed by atoms with Crippen LogP contribution >= 0.6 is 11.3 Å². The lowest BCUT2D eigenvalue weighted by Gasteiger charge is -2.37. The quantitative estimate of drug-likeness (QED) is 0.919. The van der Waals surface area contributed by atoms with Gasteiger partial charge in [0.1, 0.15) is 17.3 Å². The van der Waals surface area contributed by atoms with E-state index in [2.05, 4.69) is 15.2 Å². The Bertz CT molecular complexity index is 682. The molecule has 1 aliphatic rings. The highest BCUT2D eigenvalue weighted by Crippen LogP contribution is 2.21. The summed E-state index contributed by atoms with van der Waals surface area (Å²) in [5.41, 5.74) is -0.393. The molecule has 1 atom stereocenters. The Balaban J connectivity index is 1.59. The number of carbonyl (C=O) groups is 1. The molecule has 1 amide bonds. The number of amides is 1. The van der Waals surface area contributed by atoms with E-state index in [-0.39, 0.29) is 0 Å². The zero-order valence-corrected chi connectivity index (χ0v) is 14.0. The second-order valence-corrected chi connectivity index (χ2v) is 6.47. The molecular weight excluding hydrogens is 334 g/mol. The SMILES string of the molecule is C[C@@H](C(=O)Nc1c(F)cccc1F)N1CCN(c2nccs2)CC1. The average Bonchev–Trinajstić information content (AvgIpc) is 3.12. The van der Waals surface area contributed by atoms with Crippen LogP contribution in [0.5, 0.6) is 0 Å². The fourth-order valence-corrected chi connectivity index (χ4v) is 3.38. The number of halogens is 2. The monoisotopic (exact) mass is 352 g/mol. The van der Waals surface area contributed by atoms with Gasteiger partial charge in [0.05, 0.1) is 6.04 Å². The van der Waals surface area contributed by atoms with Crippen LogP contribution < -0.4 is 10.2 Å². The number of rotatable bonds is 4. The molecule has 1 fully saturated rings. The van der Waals surface area contributed by atoms with Crippen molar-refractivity contribution in [3.05, 3.63) is 41.4 Å². The Morgan fingerprint density at radius 2 is 1.92 bits per heavy atom. The number of anilines is 2. The van der Waals surface area contributed by atoms with Gasteiger partial charge in [0.2, 0.25) is 5.91 Å². The summed E-state index contributed by atoms with van der Waals surface area (Å²) in [4.78, 5) is 20.8. The first kappa shape index (κ1) is 16.8. The summed E-state index contributed by atoms with van der Waals surface area (Å²) in [6.07, 6.45) is 1.77. The summed E-state index contributed by atoms with van der Waals surface area (Å²) < 4.78 is 27.3. The molecule has 0 radical (unpaired) electrons. The van der Waals surface area contributed by atoms with Gasteiger partial charge in [-0.2, -0.15) is 0 Å². The number of aromatic nitrogens is 1. The van der Waals surface area contributed by atoms with E-state index >= 15 is 0 Å². The van der Waals surface area contributed by atoms with Gasteiger partial charge in [-0.05, 0) is 19.1 Å². The highest BCUT2D eigenvalue weighted by atomic mass is 32.1. The smallest absolute Gasteiger partial charge is 0.241 e. The van der Waals surface area contributed by atoms with Gasteiger partial charge in [-0.25, -0.2) is 13.8 Å². The number of para-hydroxylation sites is 1. The molecule has 3 rings (SSSR count). The van der Waals surface area contributed by atoms with Gasteiger partial charge in [-0.15, -0.1) is 11.3 Å². The van der Waals surface area contributed by atoms with Gasteiger partial charge in [0.25, 0.3) is 0 Å². The van der Waals surface area contributed by atoms with Crippen LogP contribution in [0, 0.1) is 11.6 Å². The van der Waals surface area contributed by atoms with Crippen LogP contribution in [-0.2, 0) is 4.79 Å². The Hall–Kier alpha value is -2.06. The standard InChI is InChI=1S/C16H18F2N4OS/c1-11(15(23)20-14-12(17)3-2-4-13(14)18)21-6-8-22(9-7-21)16-19-5-10-24-16/h2-5,10-11H,6-9H2,1H3,(H,20,23)/t11-/m0/s1. The lowest BCUT2D eigenvalue weighted by atomic mass is 10.2. The molecule has 1 aromatic carbocycles. The number of nitrogens with zero attached hydrogens (tertiary/aromatic N) is 3. The number of thiazole rings is 1. The second kappa shape index (κ2) is 7.23. The third kappa shape index (κ3) is 3.54. The van der Waals surface area contributed by atoms with E-state index < -0.39 is 29.3 Å². The summed E-state index contributed by atoms with van der Waals surface area (Å²) in [6, 6.07) is 3.04. The van der Waals surface area contributed by atoms with Gasteiger partial charge in [-0.3, -0.25) is 9.69 Å². The summed E-state index contributed by atoms with van der Waals surface area (Å²) in [5, 5.41) is 5.26. The van der Waals surface area contributed by atoms with Gasteiger partial charge in [0.15, 0.2) is 5.13 Å².